The lowest BCUT2D eigenvalue weighted by Gasteiger charge is -2.32. The number of amides is 10. The van der Waals surface area contributed by atoms with Gasteiger partial charge in [0.1, 0.15) is 54.4 Å². The van der Waals surface area contributed by atoms with Crippen molar-refractivity contribution >= 4 is 71.0 Å². The molecule has 78 heavy (non-hydrogen) atoms. The van der Waals surface area contributed by atoms with E-state index in [4.69, 9.17) is 22.3 Å². The number of nitrogens with two attached hydrogens (primary N) is 3. The molecule has 1 rings (SSSR count). The molecule has 1 fully saturated rings. The summed E-state index contributed by atoms with van der Waals surface area (Å²) >= 11 is 0. The molecular formula is C49H86N12O17. The smallest absolute Gasteiger partial charge is 0.326 e. The molecule has 19 N–H and O–H groups in total. The lowest BCUT2D eigenvalue weighted by Crippen LogP contribution is -2.62. The van der Waals surface area contributed by atoms with Crippen LogP contribution in [0, 0.1) is 17.8 Å². The van der Waals surface area contributed by atoms with Crippen LogP contribution in [-0.2, 0) is 57.5 Å². The first-order chi connectivity index (χ1) is 36.4. The number of aliphatic hydroxyl groups is 3. The van der Waals surface area contributed by atoms with Crippen LogP contribution in [-0.4, -0.2) is 194 Å². The third kappa shape index (κ3) is 24.0. The van der Waals surface area contributed by atoms with Crippen molar-refractivity contribution in [1.29, 1.82) is 0 Å². The van der Waals surface area contributed by atoms with E-state index >= 15 is 0 Å². The normalized spacial score (nSPS) is 17.6. The van der Waals surface area contributed by atoms with Gasteiger partial charge >= 0.3 is 11.9 Å². The van der Waals surface area contributed by atoms with Gasteiger partial charge in [-0.3, -0.25) is 52.7 Å². The Morgan fingerprint density at radius 3 is 1.54 bits per heavy atom. The van der Waals surface area contributed by atoms with Crippen LogP contribution in [0.25, 0.3) is 0 Å². The van der Waals surface area contributed by atoms with E-state index in [1.807, 2.05) is 0 Å². The van der Waals surface area contributed by atoms with Crippen LogP contribution in [0.4, 0.5) is 0 Å². The highest BCUT2D eigenvalue weighted by atomic mass is 16.4. The second kappa shape index (κ2) is 34.3. The molecule has 1 heterocycles. The summed E-state index contributed by atoms with van der Waals surface area (Å²) in [6.07, 6.45) is -3.71. The lowest BCUT2D eigenvalue weighted by molar-refractivity contribution is -0.145. The molecule has 1 aliphatic rings. The summed E-state index contributed by atoms with van der Waals surface area (Å²) in [5.41, 5.74) is 16.7. The maximum atomic E-state index is 14.2. The Balaban J connectivity index is 3.35. The van der Waals surface area contributed by atoms with Gasteiger partial charge in [0.15, 0.2) is 0 Å². The quantitative estimate of drug-likeness (QED) is 0.0261. The number of nitrogens with zero attached hydrogens (tertiary/aromatic N) is 1. The number of aliphatic hydroxyl groups excluding tert-OH is 3. The van der Waals surface area contributed by atoms with E-state index < -0.39 is 175 Å². The highest BCUT2D eigenvalue weighted by Gasteiger charge is 2.42. The second-order valence-corrected chi connectivity index (χ2v) is 20.8. The van der Waals surface area contributed by atoms with Crippen LogP contribution in [0.2, 0.25) is 0 Å². The molecule has 0 aromatic rings. The Hall–Kier alpha value is -6.56. The highest BCUT2D eigenvalue weighted by molar-refractivity contribution is 5.99. The molecule has 29 nitrogen and oxygen atoms in total. The van der Waals surface area contributed by atoms with Crippen LogP contribution in [0.15, 0.2) is 0 Å². The first kappa shape index (κ1) is 69.5. The van der Waals surface area contributed by atoms with Gasteiger partial charge in [-0.1, -0.05) is 41.5 Å². The summed E-state index contributed by atoms with van der Waals surface area (Å²) in [4.78, 5) is 159. The van der Waals surface area contributed by atoms with E-state index in [2.05, 4.69) is 42.5 Å². The number of hydrogen-bond donors (Lipinski definition) is 16. The van der Waals surface area contributed by atoms with Gasteiger partial charge in [-0.2, -0.15) is 0 Å². The average Bonchev–Trinajstić information content (AvgIpc) is 3.84. The van der Waals surface area contributed by atoms with Crippen LogP contribution in [0.1, 0.15) is 126 Å². The Morgan fingerprint density at radius 2 is 1.03 bits per heavy atom. The summed E-state index contributed by atoms with van der Waals surface area (Å²) < 4.78 is 0. The number of unbranched alkanes of at least 4 members (excludes halogenated alkanes) is 1. The number of aliphatic carboxylic acids is 2. The van der Waals surface area contributed by atoms with Crippen LogP contribution < -0.4 is 59.7 Å². The van der Waals surface area contributed by atoms with Crippen molar-refractivity contribution in [3.05, 3.63) is 0 Å². The van der Waals surface area contributed by atoms with E-state index in [0.29, 0.717) is 12.8 Å². The zero-order valence-electron chi connectivity index (χ0n) is 45.9. The van der Waals surface area contributed by atoms with E-state index in [1.54, 1.807) is 41.5 Å². The maximum Gasteiger partial charge on any atom is 0.326 e. The average molecular weight is 1120 g/mol. The third-order valence-corrected chi connectivity index (χ3v) is 12.6. The molecule has 0 saturated carbocycles. The van der Waals surface area contributed by atoms with Crippen molar-refractivity contribution in [1.82, 2.24) is 47.4 Å². The van der Waals surface area contributed by atoms with E-state index in [0.717, 1.165) is 11.8 Å². The summed E-state index contributed by atoms with van der Waals surface area (Å²) in [6.45, 7) is 11.7. The molecule has 0 aromatic heterocycles. The summed E-state index contributed by atoms with van der Waals surface area (Å²) in [5, 5.41) is 69.5. The Kier molecular flexibility index (Phi) is 30.6. The fraction of sp³-hybridized carbons (Fsp3) is 0.755. The molecule has 0 bridgehead atoms. The Bertz CT molecular complexity index is 2080. The van der Waals surface area contributed by atoms with Crippen LogP contribution in [0.5, 0.6) is 0 Å². The van der Waals surface area contributed by atoms with Crippen molar-refractivity contribution in [3.63, 3.8) is 0 Å². The minimum absolute atomic E-state index is 0.0132. The first-order valence-electron chi connectivity index (χ1n) is 26.3. The van der Waals surface area contributed by atoms with Gasteiger partial charge in [0.2, 0.25) is 59.1 Å². The molecule has 29 heteroatoms. The standard InChI is InChI=1S/C49H86N12O17/c1-23(2)20-31(43(71)58-37(25(5)6)46(74)59-38(26(7)63)47(75)56-32(49(77)78)21-24(3)4)55-45(73)34-13-11-19-61(34)48(76)39(27(8)64)60-42(70)30(15-16-35(52)65)54-44(72)33(22-62)57-41(69)29(12-9-10-18-50)53-40(68)28(51)14-17-36(66)67/h23-34,37-39,62-64H,9-22,50-51H2,1-8H3,(H2,52,65)(H,53,68)(H,54,72)(H,55,73)(H,56,75)(H,57,69)(H,58,71)(H,59,74)(H,60,70)(H,66,67)(H,77,78)/t26-,27-,28+,29+,30+,31+,32+,33+,34+,37+,38+,39+/m1/s1. The second-order valence-electron chi connectivity index (χ2n) is 20.8. The minimum atomic E-state index is -1.79. The first-order valence-corrected chi connectivity index (χ1v) is 26.3. The molecular weight excluding hydrogens is 1030 g/mol. The van der Waals surface area contributed by atoms with Crippen molar-refractivity contribution in [2.24, 2.45) is 35.0 Å². The Morgan fingerprint density at radius 1 is 0.551 bits per heavy atom. The van der Waals surface area contributed by atoms with E-state index in [-0.39, 0.29) is 63.5 Å². The highest BCUT2D eigenvalue weighted by Crippen LogP contribution is 2.21. The summed E-state index contributed by atoms with van der Waals surface area (Å²) in [6, 6.07) is -14.8. The number of likely N-dealkylation sites (tertiary alicyclic amines) is 1. The molecule has 0 spiro atoms. The van der Waals surface area contributed by atoms with Crippen LogP contribution >= 0.6 is 0 Å². The number of hydrogen-bond acceptors (Lipinski definition) is 17. The van der Waals surface area contributed by atoms with Gasteiger partial charge in [-0.05, 0) is 95.9 Å². The summed E-state index contributed by atoms with van der Waals surface area (Å²) in [7, 11) is 0. The van der Waals surface area contributed by atoms with Crippen molar-refractivity contribution in [2.75, 3.05) is 19.7 Å². The zero-order valence-corrected chi connectivity index (χ0v) is 45.9. The van der Waals surface area contributed by atoms with E-state index in [9.17, 15) is 78.0 Å². The number of carbonyl (C=O) groups excluding carboxylic acids is 10. The van der Waals surface area contributed by atoms with Gasteiger partial charge < -0.3 is 90.2 Å². The third-order valence-electron chi connectivity index (χ3n) is 12.6. The van der Waals surface area contributed by atoms with Gasteiger partial charge in [0.05, 0.1) is 24.9 Å². The van der Waals surface area contributed by atoms with Crippen molar-refractivity contribution < 1.29 is 83.1 Å². The molecule has 1 aliphatic heterocycles. The Labute approximate surface area is 453 Å². The fourth-order valence-corrected chi connectivity index (χ4v) is 8.23. The molecule has 0 aliphatic carbocycles. The number of carbonyl (C=O) groups is 12. The number of carboxylic acids is 2. The molecule has 0 aromatic carbocycles. The molecule has 10 amide bonds. The number of rotatable bonds is 36. The SMILES string of the molecule is CC(C)C[C@H](NC(=O)[C@@H](NC(=O)[C@@H](NC(=O)[C@H](CC(C)C)NC(=O)[C@@H]1CCCN1C(=O)[C@@H](NC(=O)[C@H](CCC(N)=O)NC(=O)[C@H](CO)NC(=O)[C@H](CCCCN)NC(=O)[C@@H](N)CCC(=O)O)[C@@H](C)O)C(C)C)[C@@H](C)O)C(=O)O. The maximum absolute atomic E-state index is 14.2. The van der Waals surface area contributed by atoms with Crippen molar-refractivity contribution in [2.45, 2.75) is 199 Å². The predicted octanol–water partition coefficient (Wildman–Crippen LogP) is -4.97. The molecule has 0 unspecified atom stereocenters. The van der Waals surface area contributed by atoms with Crippen LogP contribution in [0.3, 0.4) is 0 Å². The van der Waals surface area contributed by atoms with Crippen molar-refractivity contribution in [3.8, 4) is 0 Å². The fourth-order valence-electron chi connectivity index (χ4n) is 8.23. The minimum Gasteiger partial charge on any atom is -0.481 e. The molecule has 444 valence electrons. The lowest BCUT2D eigenvalue weighted by atomic mass is 9.98. The monoisotopic (exact) mass is 1110 g/mol. The van der Waals surface area contributed by atoms with Gasteiger partial charge in [0, 0.05) is 19.4 Å². The topological polar surface area (TPSA) is 484 Å². The number of carboxylic acid groups (broad SMARTS) is 2. The number of primary amides is 1. The zero-order chi connectivity index (χ0) is 59.7. The molecule has 12 atom stereocenters. The number of nitrogens with one attached hydrogen (secondary N) is 8. The molecule has 0 radical (unpaired) electrons. The summed E-state index contributed by atoms with van der Waals surface area (Å²) in [5.74, 6) is -13.1. The van der Waals surface area contributed by atoms with Gasteiger partial charge in [-0.15, -0.1) is 0 Å². The molecule has 1 saturated heterocycles. The van der Waals surface area contributed by atoms with E-state index in [1.165, 1.54) is 6.92 Å². The largest absolute Gasteiger partial charge is 0.481 e. The predicted molar refractivity (Wildman–Crippen MR) is 278 cm³/mol. The van der Waals surface area contributed by atoms with Gasteiger partial charge in [0.25, 0.3) is 0 Å². The van der Waals surface area contributed by atoms with Gasteiger partial charge in [-0.25, -0.2) is 4.79 Å².